The smallest absolute Gasteiger partial charge is 0.249 e. The molecular formula is C15H19FN4O2. The quantitative estimate of drug-likeness (QED) is 0.903. The van der Waals surface area contributed by atoms with Crippen LogP contribution in [-0.2, 0) is 9.53 Å². The summed E-state index contributed by atoms with van der Waals surface area (Å²) in [6.45, 7) is 0.776. The molecule has 1 N–H and O–H groups in total. The van der Waals surface area contributed by atoms with Gasteiger partial charge in [0.05, 0.1) is 24.5 Å². The van der Waals surface area contributed by atoms with E-state index in [4.69, 9.17) is 4.74 Å². The van der Waals surface area contributed by atoms with Gasteiger partial charge in [0.2, 0.25) is 11.9 Å². The van der Waals surface area contributed by atoms with Gasteiger partial charge in [-0.3, -0.25) is 4.79 Å². The van der Waals surface area contributed by atoms with E-state index in [1.54, 1.807) is 0 Å². The number of hydrogen-bond acceptors (Lipinski definition) is 5. The van der Waals surface area contributed by atoms with Gasteiger partial charge in [0.1, 0.15) is 6.10 Å². The lowest BCUT2D eigenvalue weighted by molar-refractivity contribution is -0.141. The molecule has 0 radical (unpaired) electrons. The Morgan fingerprint density at radius 2 is 2.00 bits per heavy atom. The predicted octanol–water partition coefficient (Wildman–Crippen LogP) is 1.02. The van der Waals surface area contributed by atoms with E-state index in [-0.39, 0.29) is 24.2 Å². The highest BCUT2D eigenvalue weighted by atomic mass is 19.1. The largest absolute Gasteiger partial charge is 0.363 e. The molecule has 3 fully saturated rings. The van der Waals surface area contributed by atoms with Gasteiger partial charge in [-0.1, -0.05) is 0 Å². The number of fused-ring (bicyclic) bond motifs is 1. The minimum Gasteiger partial charge on any atom is -0.363 e. The Morgan fingerprint density at radius 1 is 1.23 bits per heavy atom. The molecule has 0 spiro atoms. The molecule has 4 rings (SSSR count). The number of hydrogen-bond donors (Lipinski definition) is 1. The SMILES string of the molecule is O=C(NC1CC1)[C@@H]1CC[C@H]2[C@H](CCN2c2ncc(F)cn2)O1. The Morgan fingerprint density at radius 3 is 2.73 bits per heavy atom. The summed E-state index contributed by atoms with van der Waals surface area (Å²) in [5.41, 5.74) is 0. The lowest BCUT2D eigenvalue weighted by atomic mass is 9.98. The second-order valence-electron chi connectivity index (χ2n) is 6.27. The maximum Gasteiger partial charge on any atom is 0.249 e. The van der Waals surface area contributed by atoms with Crippen molar-refractivity contribution in [1.82, 2.24) is 15.3 Å². The molecule has 3 atom stereocenters. The normalized spacial score (nSPS) is 31.0. The van der Waals surface area contributed by atoms with Crippen molar-refractivity contribution in [3.8, 4) is 0 Å². The standard InChI is InChI=1S/C15H19FN4O2/c16-9-7-17-15(18-8-9)20-6-5-12-11(20)3-4-13(22-12)14(21)19-10-1-2-10/h7-8,10-13H,1-6H2,(H,19,21)/t11-,12-,13-/m0/s1. The highest BCUT2D eigenvalue weighted by Gasteiger charge is 2.43. The summed E-state index contributed by atoms with van der Waals surface area (Å²) in [7, 11) is 0. The summed E-state index contributed by atoms with van der Waals surface area (Å²) in [5, 5.41) is 3.01. The summed E-state index contributed by atoms with van der Waals surface area (Å²) < 4.78 is 18.9. The predicted molar refractivity (Wildman–Crippen MR) is 76.8 cm³/mol. The van der Waals surface area contributed by atoms with Crippen molar-refractivity contribution in [3.05, 3.63) is 18.2 Å². The average Bonchev–Trinajstić information content (AvgIpc) is 3.24. The fraction of sp³-hybridized carbons (Fsp3) is 0.667. The first-order valence-corrected chi connectivity index (χ1v) is 7.91. The van der Waals surface area contributed by atoms with Crippen LogP contribution in [0.1, 0.15) is 32.1 Å². The first kappa shape index (κ1) is 13.9. The van der Waals surface area contributed by atoms with Gasteiger partial charge in [-0.05, 0) is 32.1 Å². The van der Waals surface area contributed by atoms with Gasteiger partial charge in [-0.15, -0.1) is 0 Å². The van der Waals surface area contributed by atoms with Gasteiger partial charge in [-0.25, -0.2) is 14.4 Å². The molecule has 6 nitrogen and oxygen atoms in total. The molecule has 2 aliphatic heterocycles. The first-order chi connectivity index (χ1) is 10.7. The van der Waals surface area contributed by atoms with E-state index in [0.717, 1.165) is 32.2 Å². The number of nitrogens with one attached hydrogen (secondary N) is 1. The van der Waals surface area contributed by atoms with E-state index in [1.807, 2.05) is 0 Å². The second kappa shape index (κ2) is 5.46. The molecule has 7 heteroatoms. The highest BCUT2D eigenvalue weighted by Crippen LogP contribution is 2.33. The Balaban J connectivity index is 1.41. The number of carbonyl (C=O) groups excluding carboxylic acids is 1. The minimum atomic E-state index is -0.434. The first-order valence-electron chi connectivity index (χ1n) is 7.91. The number of ether oxygens (including phenoxy) is 1. The second-order valence-corrected chi connectivity index (χ2v) is 6.27. The Bertz CT molecular complexity index is 563. The van der Waals surface area contributed by atoms with Crippen molar-refractivity contribution in [3.63, 3.8) is 0 Å². The Hall–Kier alpha value is -1.76. The summed E-state index contributed by atoms with van der Waals surface area (Å²) in [6, 6.07) is 0.539. The molecular weight excluding hydrogens is 287 g/mol. The Kier molecular flexibility index (Phi) is 3.44. The molecule has 0 bridgehead atoms. The molecule has 2 saturated heterocycles. The fourth-order valence-corrected chi connectivity index (χ4v) is 3.34. The third-order valence-corrected chi connectivity index (χ3v) is 4.63. The topological polar surface area (TPSA) is 67.4 Å². The zero-order valence-corrected chi connectivity index (χ0v) is 12.2. The van der Waals surface area contributed by atoms with Crippen molar-refractivity contribution in [1.29, 1.82) is 0 Å². The van der Waals surface area contributed by atoms with Gasteiger partial charge < -0.3 is 15.0 Å². The summed E-state index contributed by atoms with van der Waals surface area (Å²) in [6.07, 6.45) is 6.65. The molecule has 118 valence electrons. The number of amides is 1. The van der Waals surface area contributed by atoms with E-state index in [0.29, 0.717) is 18.4 Å². The molecule has 1 amide bonds. The zero-order chi connectivity index (χ0) is 15.1. The summed E-state index contributed by atoms with van der Waals surface area (Å²) >= 11 is 0. The van der Waals surface area contributed by atoms with Crippen LogP contribution in [0, 0.1) is 5.82 Å². The van der Waals surface area contributed by atoms with E-state index in [1.165, 1.54) is 12.4 Å². The zero-order valence-electron chi connectivity index (χ0n) is 12.2. The van der Waals surface area contributed by atoms with Crippen LogP contribution >= 0.6 is 0 Å². The molecule has 1 aliphatic carbocycles. The van der Waals surface area contributed by atoms with Crippen LogP contribution in [0.25, 0.3) is 0 Å². The number of anilines is 1. The average molecular weight is 306 g/mol. The number of carbonyl (C=O) groups is 1. The van der Waals surface area contributed by atoms with Gasteiger partial charge in [0.15, 0.2) is 5.82 Å². The monoisotopic (exact) mass is 306 g/mol. The van der Waals surface area contributed by atoms with Crippen molar-refractivity contribution in [2.75, 3.05) is 11.4 Å². The van der Waals surface area contributed by atoms with Crippen LogP contribution in [0.4, 0.5) is 10.3 Å². The lowest BCUT2D eigenvalue weighted by Gasteiger charge is -2.35. The van der Waals surface area contributed by atoms with Gasteiger partial charge >= 0.3 is 0 Å². The van der Waals surface area contributed by atoms with Crippen molar-refractivity contribution >= 4 is 11.9 Å². The Labute approximate surface area is 128 Å². The maximum atomic E-state index is 12.9. The molecule has 0 unspecified atom stereocenters. The third kappa shape index (κ3) is 2.65. The lowest BCUT2D eigenvalue weighted by Crippen LogP contribution is -2.48. The molecule has 0 aromatic carbocycles. The van der Waals surface area contributed by atoms with Crippen LogP contribution in [0.5, 0.6) is 0 Å². The van der Waals surface area contributed by atoms with Crippen molar-refractivity contribution in [2.45, 2.75) is 56.4 Å². The van der Waals surface area contributed by atoms with Crippen LogP contribution in [0.3, 0.4) is 0 Å². The van der Waals surface area contributed by atoms with Gasteiger partial charge in [-0.2, -0.15) is 0 Å². The molecule has 1 saturated carbocycles. The maximum absolute atomic E-state index is 12.9. The summed E-state index contributed by atoms with van der Waals surface area (Å²) in [4.78, 5) is 22.3. The van der Waals surface area contributed by atoms with Crippen LogP contribution < -0.4 is 10.2 Å². The van der Waals surface area contributed by atoms with Crippen LogP contribution in [0.15, 0.2) is 12.4 Å². The molecule has 3 heterocycles. The third-order valence-electron chi connectivity index (χ3n) is 4.63. The van der Waals surface area contributed by atoms with E-state index in [2.05, 4.69) is 20.2 Å². The fourth-order valence-electron chi connectivity index (χ4n) is 3.34. The number of aromatic nitrogens is 2. The number of halogens is 1. The van der Waals surface area contributed by atoms with E-state index < -0.39 is 5.82 Å². The van der Waals surface area contributed by atoms with Crippen LogP contribution in [-0.4, -0.2) is 46.7 Å². The van der Waals surface area contributed by atoms with Crippen LogP contribution in [0.2, 0.25) is 0 Å². The van der Waals surface area contributed by atoms with E-state index in [9.17, 15) is 9.18 Å². The van der Waals surface area contributed by atoms with E-state index >= 15 is 0 Å². The molecule has 1 aromatic heterocycles. The van der Waals surface area contributed by atoms with Crippen molar-refractivity contribution in [2.24, 2.45) is 0 Å². The number of rotatable bonds is 3. The highest BCUT2D eigenvalue weighted by molar-refractivity contribution is 5.81. The molecule has 22 heavy (non-hydrogen) atoms. The van der Waals surface area contributed by atoms with Gasteiger partial charge in [0, 0.05) is 12.6 Å². The molecule has 1 aromatic rings. The van der Waals surface area contributed by atoms with Gasteiger partial charge in [0.25, 0.3) is 0 Å². The minimum absolute atomic E-state index is 0.0253. The summed E-state index contributed by atoms with van der Waals surface area (Å²) in [5.74, 6) is 0.131. The number of nitrogens with zero attached hydrogens (tertiary/aromatic N) is 3. The van der Waals surface area contributed by atoms with Crippen molar-refractivity contribution < 1.29 is 13.9 Å². The molecule has 3 aliphatic rings.